The van der Waals surface area contributed by atoms with E-state index < -0.39 is 12.1 Å². The SMILES string of the molecule is Cc1ccc(COC(=O)N[C@H](CO)Cc2ccc(O)cc2)cc1. The van der Waals surface area contributed by atoms with Gasteiger partial charge in [-0.2, -0.15) is 0 Å². The minimum Gasteiger partial charge on any atom is -0.508 e. The molecule has 122 valence electrons. The Labute approximate surface area is 135 Å². The molecule has 5 nitrogen and oxygen atoms in total. The Bertz CT molecular complexity index is 622. The van der Waals surface area contributed by atoms with E-state index in [-0.39, 0.29) is 19.0 Å². The van der Waals surface area contributed by atoms with Crippen LogP contribution in [-0.2, 0) is 17.8 Å². The van der Waals surface area contributed by atoms with E-state index in [9.17, 15) is 15.0 Å². The summed E-state index contributed by atoms with van der Waals surface area (Å²) >= 11 is 0. The van der Waals surface area contributed by atoms with Crippen LogP contribution in [0.2, 0.25) is 0 Å². The number of aliphatic hydroxyl groups excluding tert-OH is 1. The van der Waals surface area contributed by atoms with Crippen LogP contribution in [0.3, 0.4) is 0 Å². The minimum absolute atomic E-state index is 0.180. The number of ether oxygens (including phenoxy) is 1. The molecule has 2 rings (SSSR count). The number of rotatable bonds is 6. The number of phenols is 1. The van der Waals surface area contributed by atoms with Crippen molar-refractivity contribution in [3.8, 4) is 5.75 Å². The molecule has 23 heavy (non-hydrogen) atoms. The van der Waals surface area contributed by atoms with Crippen LogP contribution in [0.15, 0.2) is 48.5 Å². The van der Waals surface area contributed by atoms with Gasteiger partial charge < -0.3 is 20.3 Å². The summed E-state index contributed by atoms with van der Waals surface area (Å²) in [5.74, 6) is 0.180. The van der Waals surface area contributed by atoms with Gasteiger partial charge in [-0.1, -0.05) is 42.0 Å². The summed E-state index contributed by atoms with van der Waals surface area (Å²) in [6.07, 6.45) is -0.112. The molecule has 0 heterocycles. The van der Waals surface area contributed by atoms with Crippen LogP contribution in [0.5, 0.6) is 5.75 Å². The summed E-state index contributed by atoms with van der Waals surface area (Å²) in [6.45, 7) is 1.98. The first-order valence-corrected chi connectivity index (χ1v) is 7.44. The fraction of sp³-hybridized carbons (Fsp3) is 0.278. The number of aryl methyl sites for hydroxylation is 1. The standard InChI is InChI=1S/C18H21NO4/c1-13-2-4-15(5-3-13)12-23-18(22)19-16(11-20)10-14-6-8-17(21)9-7-14/h2-9,16,20-21H,10-12H2,1H3,(H,19,22)/t16-/m0/s1. The lowest BCUT2D eigenvalue weighted by atomic mass is 10.1. The van der Waals surface area contributed by atoms with Crippen molar-refractivity contribution in [3.05, 3.63) is 65.2 Å². The second kappa shape index (κ2) is 8.19. The number of aliphatic hydroxyl groups is 1. The van der Waals surface area contributed by atoms with Crippen LogP contribution in [0.25, 0.3) is 0 Å². The van der Waals surface area contributed by atoms with Gasteiger partial charge in [0.05, 0.1) is 12.6 Å². The summed E-state index contributed by atoms with van der Waals surface area (Å²) < 4.78 is 5.16. The van der Waals surface area contributed by atoms with Crippen LogP contribution < -0.4 is 5.32 Å². The smallest absolute Gasteiger partial charge is 0.407 e. The van der Waals surface area contributed by atoms with Crippen molar-refractivity contribution in [3.63, 3.8) is 0 Å². The van der Waals surface area contributed by atoms with Crippen molar-refractivity contribution >= 4 is 6.09 Å². The van der Waals surface area contributed by atoms with Gasteiger partial charge in [0.25, 0.3) is 0 Å². The molecule has 5 heteroatoms. The van der Waals surface area contributed by atoms with Gasteiger partial charge in [0.1, 0.15) is 12.4 Å². The monoisotopic (exact) mass is 315 g/mol. The Morgan fingerprint density at radius 1 is 1.09 bits per heavy atom. The highest BCUT2D eigenvalue weighted by Gasteiger charge is 2.13. The largest absolute Gasteiger partial charge is 0.508 e. The molecule has 0 spiro atoms. The Hall–Kier alpha value is -2.53. The van der Waals surface area contributed by atoms with E-state index in [4.69, 9.17) is 4.74 Å². The molecule has 0 bridgehead atoms. The zero-order valence-corrected chi connectivity index (χ0v) is 13.0. The van der Waals surface area contributed by atoms with E-state index in [1.54, 1.807) is 24.3 Å². The van der Waals surface area contributed by atoms with Crippen molar-refractivity contribution in [1.82, 2.24) is 5.32 Å². The second-order valence-electron chi connectivity index (χ2n) is 5.46. The molecule has 0 saturated carbocycles. The lowest BCUT2D eigenvalue weighted by molar-refractivity contribution is 0.129. The summed E-state index contributed by atoms with van der Waals surface area (Å²) in [6, 6.07) is 13.9. The molecule has 0 radical (unpaired) electrons. The van der Waals surface area contributed by atoms with Gasteiger partial charge in [0.15, 0.2) is 0 Å². The van der Waals surface area contributed by atoms with Gasteiger partial charge in [0.2, 0.25) is 0 Å². The summed E-state index contributed by atoms with van der Waals surface area (Å²) in [7, 11) is 0. The molecule has 0 saturated heterocycles. The number of benzene rings is 2. The van der Waals surface area contributed by atoms with Gasteiger partial charge in [-0.3, -0.25) is 0 Å². The molecule has 1 atom stereocenters. The Kier molecular flexibility index (Phi) is 6.00. The molecule has 3 N–H and O–H groups in total. The highest BCUT2D eigenvalue weighted by atomic mass is 16.5. The summed E-state index contributed by atoms with van der Waals surface area (Å²) in [4.78, 5) is 11.8. The van der Waals surface area contributed by atoms with E-state index in [0.717, 1.165) is 16.7 Å². The molecule has 2 aromatic rings. The fourth-order valence-electron chi connectivity index (χ4n) is 2.12. The second-order valence-corrected chi connectivity index (χ2v) is 5.46. The van der Waals surface area contributed by atoms with E-state index >= 15 is 0 Å². The maximum Gasteiger partial charge on any atom is 0.407 e. The van der Waals surface area contributed by atoms with Gasteiger partial charge >= 0.3 is 6.09 Å². The van der Waals surface area contributed by atoms with Crippen molar-refractivity contribution in [2.75, 3.05) is 6.61 Å². The van der Waals surface area contributed by atoms with Crippen LogP contribution in [0.4, 0.5) is 4.79 Å². The highest BCUT2D eigenvalue weighted by Crippen LogP contribution is 2.11. The maximum atomic E-state index is 11.8. The zero-order chi connectivity index (χ0) is 16.7. The third-order valence-corrected chi connectivity index (χ3v) is 3.45. The van der Waals surface area contributed by atoms with Crippen molar-refractivity contribution in [2.45, 2.75) is 26.0 Å². The lowest BCUT2D eigenvalue weighted by Crippen LogP contribution is -2.39. The molecular weight excluding hydrogens is 294 g/mol. The third kappa shape index (κ3) is 5.64. The lowest BCUT2D eigenvalue weighted by Gasteiger charge is -2.16. The Morgan fingerprint density at radius 2 is 1.70 bits per heavy atom. The summed E-state index contributed by atoms with van der Waals surface area (Å²) in [5.41, 5.74) is 2.96. The fourth-order valence-corrected chi connectivity index (χ4v) is 2.12. The van der Waals surface area contributed by atoms with E-state index in [2.05, 4.69) is 5.32 Å². The highest BCUT2D eigenvalue weighted by molar-refractivity contribution is 5.67. The van der Waals surface area contributed by atoms with Gasteiger partial charge in [-0.05, 0) is 36.6 Å². The number of carbonyl (C=O) groups is 1. The number of hydrogen-bond donors (Lipinski definition) is 3. The minimum atomic E-state index is -0.566. The topological polar surface area (TPSA) is 78.8 Å². The average molecular weight is 315 g/mol. The zero-order valence-electron chi connectivity index (χ0n) is 13.0. The van der Waals surface area contributed by atoms with Gasteiger partial charge in [-0.15, -0.1) is 0 Å². The van der Waals surface area contributed by atoms with Crippen molar-refractivity contribution < 1.29 is 19.7 Å². The average Bonchev–Trinajstić information content (AvgIpc) is 2.55. The third-order valence-electron chi connectivity index (χ3n) is 3.45. The first kappa shape index (κ1) is 16.8. The van der Waals surface area contributed by atoms with Crippen LogP contribution >= 0.6 is 0 Å². The molecule has 0 aliphatic carbocycles. The molecular formula is C18H21NO4. The molecule has 0 unspecified atom stereocenters. The first-order valence-electron chi connectivity index (χ1n) is 7.44. The van der Waals surface area contributed by atoms with E-state index in [1.165, 1.54) is 0 Å². The Morgan fingerprint density at radius 3 is 2.30 bits per heavy atom. The predicted octanol–water partition coefficient (Wildman–Crippen LogP) is 2.53. The number of hydrogen-bond acceptors (Lipinski definition) is 4. The van der Waals surface area contributed by atoms with Gasteiger partial charge in [-0.25, -0.2) is 4.79 Å². The Balaban J connectivity index is 1.82. The summed E-state index contributed by atoms with van der Waals surface area (Å²) in [5, 5.41) is 21.3. The predicted molar refractivity (Wildman–Crippen MR) is 87.2 cm³/mol. The molecule has 1 amide bonds. The normalized spacial score (nSPS) is 11.7. The number of aromatic hydroxyl groups is 1. The number of nitrogens with one attached hydrogen (secondary N) is 1. The molecule has 0 aliphatic heterocycles. The van der Waals surface area contributed by atoms with E-state index in [0.29, 0.717) is 6.42 Å². The van der Waals surface area contributed by atoms with Crippen LogP contribution in [0, 0.1) is 6.92 Å². The molecule has 2 aromatic carbocycles. The first-order chi connectivity index (χ1) is 11.1. The van der Waals surface area contributed by atoms with Crippen LogP contribution in [0.1, 0.15) is 16.7 Å². The number of phenolic OH excluding ortho intramolecular Hbond substituents is 1. The van der Waals surface area contributed by atoms with Gasteiger partial charge in [0, 0.05) is 0 Å². The molecule has 0 aliphatic rings. The number of alkyl carbamates (subject to hydrolysis) is 1. The molecule has 0 aromatic heterocycles. The molecule has 0 fully saturated rings. The van der Waals surface area contributed by atoms with Crippen molar-refractivity contribution in [2.24, 2.45) is 0 Å². The van der Waals surface area contributed by atoms with Crippen LogP contribution in [-0.4, -0.2) is 29.0 Å². The quantitative estimate of drug-likeness (QED) is 0.765. The number of carbonyl (C=O) groups excluding carboxylic acids is 1. The van der Waals surface area contributed by atoms with Crippen molar-refractivity contribution in [1.29, 1.82) is 0 Å². The number of amides is 1. The van der Waals surface area contributed by atoms with E-state index in [1.807, 2.05) is 31.2 Å². The maximum absolute atomic E-state index is 11.8.